The van der Waals surface area contributed by atoms with Crippen molar-refractivity contribution in [1.82, 2.24) is 19.9 Å². The molecule has 2 aromatic rings. The van der Waals surface area contributed by atoms with Crippen LogP contribution in [0.25, 0.3) is 0 Å². The van der Waals surface area contributed by atoms with Crippen LogP contribution in [0.1, 0.15) is 50.0 Å². The first-order chi connectivity index (χ1) is 13.9. The maximum Gasteiger partial charge on any atom is 0.416 e. The molecule has 1 aromatic carbocycles. The van der Waals surface area contributed by atoms with Crippen LogP contribution in [0.4, 0.5) is 13.2 Å². The van der Waals surface area contributed by atoms with Gasteiger partial charge in [-0.25, -0.2) is 0 Å². The van der Waals surface area contributed by atoms with Crippen LogP contribution in [0.5, 0.6) is 0 Å². The summed E-state index contributed by atoms with van der Waals surface area (Å²) in [5.41, 5.74) is -0.544. The first-order valence-electron chi connectivity index (χ1n) is 9.78. The van der Waals surface area contributed by atoms with E-state index >= 15 is 0 Å². The Morgan fingerprint density at radius 1 is 1.13 bits per heavy atom. The van der Waals surface area contributed by atoms with E-state index in [1.807, 2.05) is 39.8 Å². The average Bonchev–Trinajstić information content (AvgIpc) is 3.12. The summed E-state index contributed by atoms with van der Waals surface area (Å²) in [6.45, 7) is 6.99. The Kier molecular flexibility index (Phi) is 7.63. The van der Waals surface area contributed by atoms with Crippen LogP contribution in [-0.2, 0) is 29.4 Å². The van der Waals surface area contributed by atoms with E-state index in [0.717, 1.165) is 12.1 Å². The van der Waals surface area contributed by atoms with Gasteiger partial charge in [0.1, 0.15) is 0 Å². The number of hydrogen-bond donors (Lipinski definition) is 0. The fraction of sp³-hybridized carbons (Fsp3) is 0.571. The predicted molar refractivity (Wildman–Crippen MR) is 107 cm³/mol. The van der Waals surface area contributed by atoms with E-state index in [2.05, 4.69) is 10.1 Å². The number of hydrogen-bond acceptors (Lipinski definition) is 5. The van der Waals surface area contributed by atoms with Crippen LogP contribution in [0.15, 0.2) is 28.8 Å². The quantitative estimate of drug-likeness (QED) is 0.641. The highest BCUT2D eigenvalue weighted by molar-refractivity contribution is 5.76. The third-order valence-corrected chi connectivity index (χ3v) is 4.49. The second kappa shape index (κ2) is 9.59. The highest BCUT2D eigenvalue weighted by Gasteiger charge is 2.30. The first kappa shape index (κ1) is 23.9. The van der Waals surface area contributed by atoms with Crippen LogP contribution in [-0.4, -0.2) is 53.0 Å². The number of rotatable bonds is 8. The van der Waals surface area contributed by atoms with Crippen LogP contribution in [0, 0.1) is 0 Å². The third kappa shape index (κ3) is 7.12. The minimum Gasteiger partial charge on any atom is -0.339 e. The van der Waals surface area contributed by atoms with Crippen LogP contribution in [0.2, 0.25) is 0 Å². The van der Waals surface area contributed by atoms with Crippen molar-refractivity contribution in [2.75, 3.05) is 27.2 Å². The zero-order valence-corrected chi connectivity index (χ0v) is 18.1. The Morgan fingerprint density at radius 3 is 2.40 bits per heavy atom. The van der Waals surface area contributed by atoms with E-state index in [1.54, 1.807) is 11.0 Å². The topological polar surface area (TPSA) is 62.5 Å². The van der Waals surface area contributed by atoms with Crippen molar-refractivity contribution in [3.05, 3.63) is 47.1 Å². The lowest BCUT2D eigenvalue weighted by Gasteiger charge is -2.25. The summed E-state index contributed by atoms with van der Waals surface area (Å²) >= 11 is 0. The Labute approximate surface area is 175 Å². The molecule has 0 aliphatic rings. The first-order valence-corrected chi connectivity index (χ1v) is 9.78. The predicted octanol–water partition coefficient (Wildman–Crippen LogP) is 3.91. The van der Waals surface area contributed by atoms with E-state index in [1.165, 1.54) is 6.07 Å². The fourth-order valence-electron chi connectivity index (χ4n) is 2.71. The minimum absolute atomic E-state index is 0.105. The highest BCUT2D eigenvalue weighted by Crippen LogP contribution is 2.29. The molecule has 0 bridgehead atoms. The standard InChI is InChI=1S/C21H29F3N4O2/c1-20(2,3)19-25-17(30-26-19)9-10-18(29)28(12-11-27(4)5)14-15-7-6-8-16(13-15)21(22,23)24/h6-8,13H,9-12,14H2,1-5H3. The SMILES string of the molecule is CN(C)CCN(Cc1cccc(C(F)(F)F)c1)C(=O)CCc1nc(C(C)(C)C)no1. The maximum absolute atomic E-state index is 13.0. The van der Waals surface area contributed by atoms with Gasteiger partial charge in [0.2, 0.25) is 11.8 Å². The molecule has 0 fully saturated rings. The van der Waals surface area contributed by atoms with Crippen molar-refractivity contribution in [2.24, 2.45) is 0 Å². The van der Waals surface area contributed by atoms with Gasteiger partial charge >= 0.3 is 6.18 Å². The summed E-state index contributed by atoms with van der Waals surface area (Å²) in [5, 5.41) is 3.95. The number of carbonyl (C=O) groups excluding carboxylic acids is 1. The molecular formula is C21H29F3N4O2. The number of likely N-dealkylation sites (N-methyl/N-ethyl adjacent to an activating group) is 1. The molecule has 30 heavy (non-hydrogen) atoms. The minimum atomic E-state index is -4.42. The lowest BCUT2D eigenvalue weighted by Crippen LogP contribution is -2.36. The van der Waals surface area contributed by atoms with E-state index < -0.39 is 11.7 Å². The highest BCUT2D eigenvalue weighted by atomic mass is 19.4. The van der Waals surface area contributed by atoms with Gasteiger partial charge in [-0.05, 0) is 31.8 Å². The Hall–Kier alpha value is -2.42. The molecule has 0 atom stereocenters. The summed E-state index contributed by atoms with van der Waals surface area (Å²) in [6.07, 6.45) is -4.00. The normalized spacial score (nSPS) is 12.4. The van der Waals surface area contributed by atoms with Crippen molar-refractivity contribution in [1.29, 1.82) is 0 Å². The van der Waals surface area contributed by atoms with Gasteiger partial charge in [0.05, 0.1) is 5.56 Å². The molecule has 0 aliphatic carbocycles. The largest absolute Gasteiger partial charge is 0.416 e. The molecule has 1 heterocycles. The van der Waals surface area contributed by atoms with Crippen LogP contribution in [0.3, 0.4) is 0 Å². The van der Waals surface area contributed by atoms with E-state index in [9.17, 15) is 18.0 Å². The molecule has 0 saturated heterocycles. The maximum atomic E-state index is 13.0. The number of amides is 1. The van der Waals surface area contributed by atoms with Crippen molar-refractivity contribution < 1.29 is 22.5 Å². The van der Waals surface area contributed by atoms with Crippen LogP contribution < -0.4 is 0 Å². The number of aromatic nitrogens is 2. The number of alkyl halides is 3. The fourth-order valence-corrected chi connectivity index (χ4v) is 2.71. The molecule has 0 aliphatic heterocycles. The van der Waals surface area contributed by atoms with E-state index in [-0.39, 0.29) is 30.7 Å². The van der Waals surface area contributed by atoms with E-state index in [4.69, 9.17) is 4.52 Å². The Balaban J connectivity index is 2.08. The van der Waals surface area contributed by atoms with Crippen molar-refractivity contribution in [3.8, 4) is 0 Å². The zero-order valence-electron chi connectivity index (χ0n) is 18.1. The summed E-state index contributed by atoms with van der Waals surface area (Å²) < 4.78 is 44.2. The van der Waals surface area contributed by atoms with Gasteiger partial charge in [-0.1, -0.05) is 38.1 Å². The van der Waals surface area contributed by atoms with Gasteiger partial charge in [-0.3, -0.25) is 4.79 Å². The smallest absolute Gasteiger partial charge is 0.339 e. The van der Waals surface area contributed by atoms with Crippen molar-refractivity contribution >= 4 is 5.91 Å². The molecule has 2 rings (SSSR count). The molecule has 1 aromatic heterocycles. The van der Waals surface area contributed by atoms with E-state index in [0.29, 0.717) is 30.4 Å². The molecule has 0 spiro atoms. The van der Waals surface area contributed by atoms with Crippen molar-refractivity contribution in [2.45, 2.75) is 51.7 Å². The Bertz CT molecular complexity index is 841. The second-order valence-electron chi connectivity index (χ2n) is 8.58. The van der Waals surface area contributed by atoms with Gasteiger partial charge in [0.25, 0.3) is 0 Å². The number of nitrogens with zero attached hydrogens (tertiary/aromatic N) is 4. The average molecular weight is 426 g/mol. The summed E-state index contributed by atoms with van der Waals surface area (Å²) in [7, 11) is 3.75. The van der Waals surface area contributed by atoms with Gasteiger partial charge in [-0.2, -0.15) is 18.2 Å². The molecular weight excluding hydrogens is 397 g/mol. The third-order valence-electron chi connectivity index (χ3n) is 4.49. The number of carbonyl (C=O) groups is 1. The molecule has 0 N–H and O–H groups in total. The van der Waals surface area contributed by atoms with Gasteiger partial charge < -0.3 is 14.3 Å². The lowest BCUT2D eigenvalue weighted by atomic mass is 9.96. The van der Waals surface area contributed by atoms with Gasteiger partial charge in [0.15, 0.2) is 5.82 Å². The zero-order chi connectivity index (χ0) is 22.5. The second-order valence-corrected chi connectivity index (χ2v) is 8.58. The van der Waals surface area contributed by atoms with Gasteiger partial charge in [0, 0.05) is 37.9 Å². The number of halogens is 3. The summed E-state index contributed by atoms with van der Waals surface area (Å²) in [6, 6.07) is 5.07. The monoisotopic (exact) mass is 426 g/mol. The lowest BCUT2D eigenvalue weighted by molar-refractivity contribution is -0.137. The molecule has 1 amide bonds. The van der Waals surface area contributed by atoms with Crippen molar-refractivity contribution in [3.63, 3.8) is 0 Å². The summed E-state index contributed by atoms with van der Waals surface area (Å²) in [5.74, 6) is 0.767. The molecule has 0 saturated carbocycles. The van der Waals surface area contributed by atoms with Gasteiger partial charge in [-0.15, -0.1) is 0 Å². The molecule has 9 heteroatoms. The molecule has 0 unspecified atom stereocenters. The number of benzene rings is 1. The summed E-state index contributed by atoms with van der Waals surface area (Å²) in [4.78, 5) is 20.6. The molecule has 6 nitrogen and oxygen atoms in total. The molecule has 166 valence electrons. The van der Waals surface area contributed by atoms with Crippen LogP contribution >= 0.6 is 0 Å². The number of aryl methyl sites for hydroxylation is 1. The Morgan fingerprint density at radius 2 is 1.83 bits per heavy atom. The molecule has 0 radical (unpaired) electrons.